The van der Waals surface area contributed by atoms with Crippen molar-refractivity contribution in [2.45, 2.75) is 38.3 Å². The highest BCUT2D eigenvalue weighted by molar-refractivity contribution is 5.94. The minimum atomic E-state index is -1.10. The number of hydrogen-bond acceptors (Lipinski definition) is 6. The maximum Gasteiger partial charge on any atom is 0.407 e. The van der Waals surface area contributed by atoms with Crippen molar-refractivity contribution in [3.63, 3.8) is 0 Å². The monoisotopic (exact) mass is 477 g/mol. The van der Waals surface area contributed by atoms with Gasteiger partial charge in [0.05, 0.1) is 12.7 Å². The highest BCUT2D eigenvalue weighted by atomic mass is 16.5. The van der Waals surface area contributed by atoms with Gasteiger partial charge in [0.15, 0.2) is 5.69 Å². The highest BCUT2D eigenvalue weighted by Crippen LogP contribution is 2.44. The summed E-state index contributed by atoms with van der Waals surface area (Å²) in [5.74, 6) is -1.73. The zero-order valence-corrected chi connectivity index (χ0v) is 19.3. The molecule has 2 amide bonds. The van der Waals surface area contributed by atoms with Crippen LogP contribution in [-0.2, 0) is 16.1 Å². The van der Waals surface area contributed by atoms with Gasteiger partial charge in [0.1, 0.15) is 12.6 Å². The standard InChI is InChI=1S/C25H27N5O5/c1-2-7-21(24(32)33)27-23(31)22-14-30(29-28-22)13-12-26-25(34)35-15-20-18-10-5-3-8-16(18)17-9-4-6-11-19(17)20/h3-6,8-11,14,20-21H,2,7,12-13,15H2,1H3,(H,26,34)(H,27,31)(H,32,33)/t21-/m0/s1. The van der Waals surface area contributed by atoms with Crippen molar-refractivity contribution in [3.05, 3.63) is 71.5 Å². The van der Waals surface area contributed by atoms with Crippen LogP contribution in [0.1, 0.15) is 47.3 Å². The smallest absolute Gasteiger partial charge is 0.407 e. The first-order chi connectivity index (χ1) is 17.0. The van der Waals surface area contributed by atoms with Crippen molar-refractivity contribution in [3.8, 4) is 11.1 Å². The van der Waals surface area contributed by atoms with E-state index in [2.05, 4.69) is 45.2 Å². The summed E-state index contributed by atoms with van der Waals surface area (Å²) in [4.78, 5) is 35.7. The lowest BCUT2D eigenvalue weighted by molar-refractivity contribution is -0.139. The van der Waals surface area contributed by atoms with E-state index in [1.807, 2.05) is 31.2 Å². The number of benzene rings is 2. The number of hydrogen-bond donors (Lipinski definition) is 3. The Morgan fingerprint density at radius 2 is 1.74 bits per heavy atom. The number of carboxylic acids is 1. The molecule has 0 saturated carbocycles. The molecule has 1 aliphatic rings. The second-order valence-electron chi connectivity index (χ2n) is 8.27. The van der Waals surface area contributed by atoms with Crippen molar-refractivity contribution < 1.29 is 24.2 Å². The number of rotatable bonds is 10. The summed E-state index contributed by atoms with van der Waals surface area (Å²) in [6, 6.07) is 15.3. The fraction of sp³-hybridized carbons (Fsp3) is 0.320. The lowest BCUT2D eigenvalue weighted by atomic mass is 9.98. The summed E-state index contributed by atoms with van der Waals surface area (Å²) in [5.41, 5.74) is 4.60. The van der Waals surface area contributed by atoms with Crippen molar-refractivity contribution >= 4 is 18.0 Å². The van der Waals surface area contributed by atoms with Crippen LogP contribution in [0, 0.1) is 0 Å². The lowest BCUT2D eigenvalue weighted by Gasteiger charge is -2.14. The molecule has 1 atom stereocenters. The van der Waals surface area contributed by atoms with Gasteiger partial charge in [-0.25, -0.2) is 14.3 Å². The number of carboxylic acid groups (broad SMARTS) is 1. The van der Waals surface area contributed by atoms with E-state index in [0.717, 1.165) is 22.3 Å². The third-order valence-corrected chi connectivity index (χ3v) is 5.91. The van der Waals surface area contributed by atoms with Crippen LogP contribution in [0.4, 0.5) is 4.79 Å². The fourth-order valence-corrected chi connectivity index (χ4v) is 4.21. The van der Waals surface area contributed by atoms with Crippen LogP contribution in [0.5, 0.6) is 0 Å². The van der Waals surface area contributed by atoms with Gasteiger partial charge >= 0.3 is 12.1 Å². The lowest BCUT2D eigenvalue weighted by Crippen LogP contribution is -2.40. The number of amides is 2. The molecule has 1 aromatic heterocycles. The molecule has 10 heteroatoms. The number of nitrogens with one attached hydrogen (secondary N) is 2. The molecule has 35 heavy (non-hydrogen) atoms. The molecular formula is C25H27N5O5. The number of alkyl carbamates (subject to hydrolysis) is 1. The summed E-state index contributed by atoms with van der Waals surface area (Å²) in [6.07, 6.45) is 1.79. The van der Waals surface area contributed by atoms with Gasteiger partial charge in [-0.2, -0.15) is 0 Å². The number of fused-ring (bicyclic) bond motifs is 3. The van der Waals surface area contributed by atoms with Gasteiger partial charge in [0, 0.05) is 12.5 Å². The predicted octanol–water partition coefficient (Wildman–Crippen LogP) is 2.80. The van der Waals surface area contributed by atoms with Gasteiger partial charge in [-0.3, -0.25) is 4.79 Å². The maximum absolute atomic E-state index is 12.3. The minimum absolute atomic E-state index is 0.00786. The zero-order valence-electron chi connectivity index (χ0n) is 19.3. The van der Waals surface area contributed by atoms with Gasteiger partial charge in [-0.05, 0) is 28.7 Å². The van der Waals surface area contributed by atoms with E-state index in [4.69, 9.17) is 4.74 Å². The number of nitrogens with zero attached hydrogens (tertiary/aromatic N) is 3. The summed E-state index contributed by atoms with van der Waals surface area (Å²) in [5, 5.41) is 21.9. The average molecular weight is 478 g/mol. The van der Waals surface area contributed by atoms with Crippen LogP contribution in [0.3, 0.4) is 0 Å². The molecule has 0 saturated heterocycles. The second-order valence-corrected chi connectivity index (χ2v) is 8.27. The average Bonchev–Trinajstić information content (AvgIpc) is 3.45. The summed E-state index contributed by atoms with van der Waals surface area (Å²) in [6.45, 7) is 2.54. The van der Waals surface area contributed by atoms with Crippen LogP contribution in [0.15, 0.2) is 54.7 Å². The van der Waals surface area contributed by atoms with Gasteiger partial charge in [0.25, 0.3) is 5.91 Å². The molecule has 0 aliphatic heterocycles. The molecule has 1 aliphatic carbocycles. The van der Waals surface area contributed by atoms with E-state index < -0.39 is 24.0 Å². The Hall–Kier alpha value is -4.21. The third kappa shape index (κ3) is 5.48. The molecule has 2 aromatic carbocycles. The SMILES string of the molecule is CCC[C@H](NC(=O)c1cn(CCNC(=O)OCC2c3ccccc3-c3ccccc32)nn1)C(=O)O. The fourth-order valence-electron chi connectivity index (χ4n) is 4.21. The summed E-state index contributed by atoms with van der Waals surface area (Å²) >= 11 is 0. The van der Waals surface area contributed by atoms with E-state index >= 15 is 0 Å². The van der Waals surface area contributed by atoms with Gasteiger partial charge in [0.2, 0.25) is 0 Å². The number of ether oxygens (including phenoxy) is 1. The Kier molecular flexibility index (Phi) is 7.39. The first-order valence-corrected chi connectivity index (χ1v) is 11.5. The van der Waals surface area contributed by atoms with Crippen molar-refractivity contribution in [2.75, 3.05) is 13.2 Å². The number of carbonyl (C=O) groups is 3. The van der Waals surface area contributed by atoms with E-state index in [-0.39, 0.29) is 31.3 Å². The third-order valence-electron chi connectivity index (χ3n) is 5.91. The Bertz CT molecular complexity index is 1180. The highest BCUT2D eigenvalue weighted by Gasteiger charge is 2.29. The van der Waals surface area contributed by atoms with Crippen LogP contribution >= 0.6 is 0 Å². The Morgan fingerprint density at radius 1 is 1.09 bits per heavy atom. The van der Waals surface area contributed by atoms with E-state index in [1.165, 1.54) is 10.9 Å². The minimum Gasteiger partial charge on any atom is -0.480 e. The molecule has 3 aromatic rings. The molecule has 0 radical (unpaired) electrons. The molecular weight excluding hydrogens is 450 g/mol. The Morgan fingerprint density at radius 3 is 2.37 bits per heavy atom. The topological polar surface area (TPSA) is 135 Å². The first-order valence-electron chi connectivity index (χ1n) is 11.5. The molecule has 4 rings (SSSR count). The second kappa shape index (κ2) is 10.8. The number of aromatic nitrogens is 3. The molecule has 0 bridgehead atoms. The number of carbonyl (C=O) groups excluding carboxylic acids is 2. The van der Waals surface area contributed by atoms with Crippen LogP contribution in [0.2, 0.25) is 0 Å². The van der Waals surface area contributed by atoms with Crippen LogP contribution in [-0.4, -0.2) is 57.3 Å². The normalized spacial score (nSPS) is 12.9. The van der Waals surface area contributed by atoms with E-state index in [9.17, 15) is 19.5 Å². The molecule has 0 fully saturated rings. The summed E-state index contributed by atoms with van der Waals surface area (Å²) < 4.78 is 6.89. The number of aliphatic carboxylic acids is 1. The summed E-state index contributed by atoms with van der Waals surface area (Å²) in [7, 11) is 0. The Labute approximate surface area is 202 Å². The van der Waals surface area contributed by atoms with Crippen LogP contribution in [0.25, 0.3) is 11.1 Å². The van der Waals surface area contributed by atoms with E-state index in [1.54, 1.807) is 0 Å². The quantitative estimate of drug-likeness (QED) is 0.409. The molecule has 0 unspecified atom stereocenters. The first kappa shape index (κ1) is 23.9. The Balaban J connectivity index is 1.25. The molecule has 3 N–H and O–H groups in total. The largest absolute Gasteiger partial charge is 0.480 e. The zero-order chi connectivity index (χ0) is 24.8. The molecule has 0 spiro atoms. The molecule has 10 nitrogen and oxygen atoms in total. The van der Waals surface area contributed by atoms with Gasteiger partial charge in [-0.15, -0.1) is 5.10 Å². The van der Waals surface area contributed by atoms with E-state index in [0.29, 0.717) is 12.8 Å². The van der Waals surface area contributed by atoms with Gasteiger partial charge < -0.3 is 20.5 Å². The van der Waals surface area contributed by atoms with Crippen molar-refractivity contribution in [2.24, 2.45) is 0 Å². The van der Waals surface area contributed by atoms with Crippen LogP contribution < -0.4 is 10.6 Å². The van der Waals surface area contributed by atoms with Crippen molar-refractivity contribution in [1.29, 1.82) is 0 Å². The maximum atomic E-state index is 12.3. The van der Waals surface area contributed by atoms with Gasteiger partial charge in [-0.1, -0.05) is 67.1 Å². The molecule has 182 valence electrons. The predicted molar refractivity (Wildman–Crippen MR) is 127 cm³/mol. The molecule has 1 heterocycles. The van der Waals surface area contributed by atoms with Crippen molar-refractivity contribution in [1.82, 2.24) is 25.6 Å².